The molecule has 1 aromatic rings. The van der Waals surface area contributed by atoms with E-state index in [4.69, 9.17) is 4.74 Å². The van der Waals surface area contributed by atoms with Crippen molar-refractivity contribution in [3.8, 4) is 5.75 Å². The van der Waals surface area contributed by atoms with E-state index in [0.29, 0.717) is 0 Å². The van der Waals surface area contributed by atoms with Gasteiger partial charge in [-0.05, 0) is 43.5 Å². The van der Waals surface area contributed by atoms with Crippen LogP contribution in [0, 0.1) is 11.7 Å². The third-order valence-electron chi connectivity index (χ3n) is 4.58. The molecule has 1 aromatic carbocycles. The van der Waals surface area contributed by atoms with Crippen molar-refractivity contribution in [1.29, 1.82) is 0 Å². The highest BCUT2D eigenvalue weighted by atomic mass is 19.1. The molecule has 1 heterocycles. The van der Waals surface area contributed by atoms with Crippen molar-refractivity contribution in [2.24, 2.45) is 5.92 Å². The molecule has 0 amide bonds. The summed E-state index contributed by atoms with van der Waals surface area (Å²) in [5.74, 6) is 1.66. The lowest BCUT2D eigenvalue weighted by atomic mass is 10.0. The monoisotopic (exact) mass is 277 g/mol. The molecule has 110 valence electrons. The summed E-state index contributed by atoms with van der Waals surface area (Å²) in [6.07, 6.45) is 9.36. The maximum atomic E-state index is 13.1. The molecule has 1 fully saturated rings. The van der Waals surface area contributed by atoms with Gasteiger partial charge in [-0.2, -0.15) is 0 Å². The lowest BCUT2D eigenvalue weighted by Gasteiger charge is -2.13. The molecule has 1 aliphatic carbocycles. The summed E-state index contributed by atoms with van der Waals surface area (Å²) in [6, 6.07) is 4.80. The van der Waals surface area contributed by atoms with Crippen molar-refractivity contribution in [2.45, 2.75) is 51.0 Å². The average molecular weight is 277 g/mol. The minimum atomic E-state index is -0.169. The van der Waals surface area contributed by atoms with Crippen LogP contribution >= 0.6 is 0 Å². The Morgan fingerprint density at radius 1 is 1.25 bits per heavy atom. The summed E-state index contributed by atoms with van der Waals surface area (Å²) in [7, 11) is 0. The van der Waals surface area contributed by atoms with Crippen LogP contribution < -0.4 is 10.1 Å². The molecule has 0 radical (unpaired) electrons. The normalized spacial score (nSPS) is 21.9. The Labute approximate surface area is 120 Å². The molecule has 20 heavy (non-hydrogen) atoms. The van der Waals surface area contributed by atoms with Crippen LogP contribution in [0.2, 0.25) is 0 Å². The Kier molecular flexibility index (Phi) is 4.56. The molecule has 1 unspecified atom stereocenters. The number of rotatable bonds is 6. The summed E-state index contributed by atoms with van der Waals surface area (Å²) in [6.45, 7) is 1.93. The van der Waals surface area contributed by atoms with Gasteiger partial charge < -0.3 is 10.1 Å². The average Bonchev–Trinajstić information content (AvgIpc) is 3.06. The number of hydrogen-bond donors (Lipinski definition) is 1. The van der Waals surface area contributed by atoms with E-state index in [9.17, 15) is 4.39 Å². The quantitative estimate of drug-likeness (QED) is 0.801. The van der Waals surface area contributed by atoms with Gasteiger partial charge in [0.25, 0.3) is 0 Å². The van der Waals surface area contributed by atoms with Crippen molar-refractivity contribution in [1.82, 2.24) is 5.32 Å². The fourth-order valence-electron chi connectivity index (χ4n) is 3.48. The predicted octanol–water partition coefficient (Wildman–Crippen LogP) is 3.69. The van der Waals surface area contributed by atoms with E-state index in [2.05, 4.69) is 5.32 Å². The van der Waals surface area contributed by atoms with Crippen LogP contribution in [0.15, 0.2) is 18.2 Å². The molecular weight excluding hydrogens is 253 g/mol. The largest absolute Gasteiger partial charge is 0.488 e. The molecule has 1 aliphatic heterocycles. The number of ether oxygens (including phenoxy) is 1. The second kappa shape index (κ2) is 6.57. The van der Waals surface area contributed by atoms with Gasteiger partial charge in [-0.3, -0.25) is 0 Å². The molecule has 2 aliphatic rings. The van der Waals surface area contributed by atoms with Crippen molar-refractivity contribution in [2.75, 3.05) is 13.1 Å². The second-order valence-electron chi connectivity index (χ2n) is 6.19. The fourth-order valence-corrected chi connectivity index (χ4v) is 3.48. The molecule has 1 atom stereocenters. The number of fused-ring (bicyclic) bond motifs is 1. The maximum absolute atomic E-state index is 13.1. The second-order valence-corrected chi connectivity index (χ2v) is 6.19. The van der Waals surface area contributed by atoms with Crippen molar-refractivity contribution in [3.63, 3.8) is 0 Å². The van der Waals surface area contributed by atoms with Gasteiger partial charge in [0, 0.05) is 18.5 Å². The summed E-state index contributed by atoms with van der Waals surface area (Å²) in [4.78, 5) is 0. The van der Waals surface area contributed by atoms with Gasteiger partial charge in [-0.25, -0.2) is 4.39 Å². The van der Waals surface area contributed by atoms with E-state index in [0.717, 1.165) is 36.7 Å². The molecule has 3 heteroatoms. The molecule has 2 nitrogen and oxygen atoms in total. The van der Waals surface area contributed by atoms with Crippen LogP contribution in [0.4, 0.5) is 4.39 Å². The van der Waals surface area contributed by atoms with Crippen molar-refractivity contribution >= 4 is 0 Å². The minimum absolute atomic E-state index is 0.165. The molecule has 3 rings (SSSR count). The standard InChI is InChI=1S/C17H24FNO/c18-15-7-8-17-14(10-15)11-16(20-17)12-19-9-3-6-13-4-1-2-5-13/h7-8,10,13,16,19H,1-6,9,11-12H2. The number of hydrogen-bond acceptors (Lipinski definition) is 2. The Morgan fingerprint density at radius 3 is 2.95 bits per heavy atom. The zero-order valence-corrected chi connectivity index (χ0v) is 12.0. The first kappa shape index (κ1) is 13.9. The Bertz CT molecular complexity index is 443. The van der Waals surface area contributed by atoms with Crippen LogP contribution in [-0.4, -0.2) is 19.2 Å². The summed E-state index contributed by atoms with van der Waals surface area (Å²) < 4.78 is 18.9. The Morgan fingerprint density at radius 2 is 2.10 bits per heavy atom. The third-order valence-corrected chi connectivity index (χ3v) is 4.58. The lowest BCUT2D eigenvalue weighted by Crippen LogP contribution is -2.30. The maximum Gasteiger partial charge on any atom is 0.123 e. The van der Waals surface area contributed by atoms with E-state index in [1.165, 1.54) is 44.6 Å². The Hall–Kier alpha value is -1.09. The minimum Gasteiger partial charge on any atom is -0.488 e. The van der Waals surface area contributed by atoms with E-state index in [-0.39, 0.29) is 11.9 Å². The summed E-state index contributed by atoms with van der Waals surface area (Å²) in [5.41, 5.74) is 1.00. The number of benzene rings is 1. The van der Waals surface area contributed by atoms with Crippen LogP contribution in [0.5, 0.6) is 5.75 Å². The van der Waals surface area contributed by atoms with Crippen LogP contribution in [-0.2, 0) is 6.42 Å². The first-order valence-corrected chi connectivity index (χ1v) is 7.97. The predicted molar refractivity (Wildman–Crippen MR) is 78.6 cm³/mol. The van der Waals surface area contributed by atoms with Gasteiger partial charge in [0.1, 0.15) is 17.7 Å². The highest BCUT2D eigenvalue weighted by Gasteiger charge is 2.22. The highest BCUT2D eigenvalue weighted by Crippen LogP contribution is 2.29. The van der Waals surface area contributed by atoms with Gasteiger partial charge >= 0.3 is 0 Å². The first-order valence-electron chi connectivity index (χ1n) is 7.97. The van der Waals surface area contributed by atoms with Gasteiger partial charge in [0.15, 0.2) is 0 Å². The molecule has 1 saturated carbocycles. The smallest absolute Gasteiger partial charge is 0.123 e. The number of halogens is 1. The zero-order valence-electron chi connectivity index (χ0n) is 12.0. The van der Waals surface area contributed by atoms with Gasteiger partial charge in [0.05, 0.1) is 0 Å². The van der Waals surface area contributed by atoms with Gasteiger partial charge in [0.2, 0.25) is 0 Å². The van der Waals surface area contributed by atoms with E-state index >= 15 is 0 Å². The molecule has 0 aromatic heterocycles. The molecular formula is C17H24FNO. The highest BCUT2D eigenvalue weighted by molar-refractivity contribution is 5.37. The van der Waals surface area contributed by atoms with Crippen LogP contribution in [0.1, 0.15) is 44.1 Å². The lowest BCUT2D eigenvalue weighted by molar-refractivity contribution is 0.227. The van der Waals surface area contributed by atoms with Crippen LogP contribution in [0.25, 0.3) is 0 Å². The van der Waals surface area contributed by atoms with E-state index < -0.39 is 0 Å². The first-order chi connectivity index (χ1) is 9.81. The summed E-state index contributed by atoms with van der Waals surface area (Å²) in [5, 5.41) is 3.48. The zero-order chi connectivity index (χ0) is 13.8. The third kappa shape index (κ3) is 3.51. The summed E-state index contributed by atoms with van der Waals surface area (Å²) >= 11 is 0. The molecule has 0 saturated heterocycles. The molecule has 0 bridgehead atoms. The van der Waals surface area contributed by atoms with Crippen molar-refractivity contribution in [3.05, 3.63) is 29.6 Å². The SMILES string of the molecule is Fc1ccc2c(c1)CC(CNCCCC1CCCC1)O2. The van der Waals surface area contributed by atoms with Gasteiger partial charge in [-0.15, -0.1) is 0 Å². The van der Waals surface area contributed by atoms with E-state index in [1.54, 1.807) is 12.1 Å². The fraction of sp³-hybridized carbons (Fsp3) is 0.647. The molecule has 0 spiro atoms. The topological polar surface area (TPSA) is 21.3 Å². The Balaban J connectivity index is 1.32. The van der Waals surface area contributed by atoms with E-state index in [1.807, 2.05) is 0 Å². The molecule has 1 N–H and O–H groups in total. The number of nitrogens with one attached hydrogen (secondary N) is 1. The van der Waals surface area contributed by atoms with Crippen LogP contribution in [0.3, 0.4) is 0 Å². The van der Waals surface area contributed by atoms with Crippen molar-refractivity contribution < 1.29 is 9.13 Å². The van der Waals surface area contributed by atoms with Gasteiger partial charge in [-0.1, -0.05) is 25.7 Å².